The van der Waals surface area contributed by atoms with E-state index >= 15 is 0 Å². The highest BCUT2D eigenvalue weighted by atomic mass is 16.5. The van der Waals surface area contributed by atoms with Gasteiger partial charge in [-0.3, -0.25) is 4.90 Å². The molecule has 0 amide bonds. The lowest BCUT2D eigenvalue weighted by Crippen LogP contribution is -2.47. The quantitative estimate of drug-likeness (QED) is 0.664. The van der Waals surface area contributed by atoms with E-state index in [1.807, 2.05) is 12.1 Å². The average Bonchev–Trinajstić information content (AvgIpc) is 3.45. The summed E-state index contributed by atoms with van der Waals surface area (Å²) in [7, 11) is 3.43. The van der Waals surface area contributed by atoms with Crippen LogP contribution in [0, 0.1) is 0 Å². The van der Waals surface area contributed by atoms with E-state index in [0.717, 1.165) is 36.6 Å². The molecule has 2 aliphatic rings. The molecule has 0 radical (unpaired) electrons. The van der Waals surface area contributed by atoms with E-state index in [1.54, 1.807) is 14.2 Å². The molecule has 5 heteroatoms. The number of methoxy groups -OCH3 is 2. The standard InChI is InChI=1S/C22H25N3O2/c1-26-18-9-10-21(27-2)16(11-18)12-24-13-17(14-24)25-20-6-4-3-5-19(20)23-22(25)15-7-8-15/h3-6,9-11,15,17H,7-8,12-14H2,1-2H3. The van der Waals surface area contributed by atoms with Gasteiger partial charge < -0.3 is 14.0 Å². The summed E-state index contributed by atoms with van der Waals surface area (Å²) >= 11 is 0. The highest BCUT2D eigenvalue weighted by Gasteiger charge is 2.36. The number of ether oxygens (including phenoxy) is 2. The van der Waals surface area contributed by atoms with E-state index in [2.05, 4.69) is 39.8 Å². The van der Waals surface area contributed by atoms with E-state index < -0.39 is 0 Å². The zero-order chi connectivity index (χ0) is 18.4. The molecular weight excluding hydrogens is 338 g/mol. The molecular formula is C22H25N3O2. The van der Waals surface area contributed by atoms with Crippen molar-refractivity contribution in [3.05, 3.63) is 53.9 Å². The lowest BCUT2D eigenvalue weighted by atomic mass is 10.1. The molecule has 5 nitrogen and oxygen atoms in total. The van der Waals surface area contributed by atoms with Crippen LogP contribution < -0.4 is 9.47 Å². The summed E-state index contributed by atoms with van der Waals surface area (Å²) in [5.74, 6) is 3.75. The van der Waals surface area contributed by atoms with Gasteiger partial charge in [0.15, 0.2) is 0 Å². The summed E-state index contributed by atoms with van der Waals surface area (Å²) in [6.07, 6.45) is 2.56. The van der Waals surface area contributed by atoms with Gasteiger partial charge in [-0.2, -0.15) is 0 Å². The highest BCUT2D eigenvalue weighted by molar-refractivity contribution is 5.76. The Morgan fingerprint density at radius 1 is 1.04 bits per heavy atom. The third kappa shape index (κ3) is 2.96. The lowest BCUT2D eigenvalue weighted by molar-refractivity contribution is 0.0984. The largest absolute Gasteiger partial charge is 0.497 e. The van der Waals surface area contributed by atoms with Crippen molar-refractivity contribution in [2.75, 3.05) is 27.3 Å². The zero-order valence-electron chi connectivity index (χ0n) is 15.9. The fourth-order valence-corrected chi connectivity index (χ4v) is 4.16. The van der Waals surface area contributed by atoms with Gasteiger partial charge in [-0.05, 0) is 43.2 Å². The van der Waals surface area contributed by atoms with Gasteiger partial charge in [0.2, 0.25) is 0 Å². The number of para-hydroxylation sites is 2. The van der Waals surface area contributed by atoms with Crippen molar-refractivity contribution in [2.45, 2.75) is 31.3 Å². The van der Waals surface area contributed by atoms with Gasteiger partial charge in [-0.1, -0.05) is 12.1 Å². The molecule has 0 N–H and O–H groups in total. The van der Waals surface area contributed by atoms with Crippen LogP contribution in [0.4, 0.5) is 0 Å². The molecule has 2 aromatic carbocycles. The summed E-state index contributed by atoms with van der Waals surface area (Å²) in [6, 6.07) is 15.1. The molecule has 0 spiro atoms. The minimum absolute atomic E-state index is 0.504. The van der Waals surface area contributed by atoms with Crippen molar-refractivity contribution in [1.29, 1.82) is 0 Å². The van der Waals surface area contributed by atoms with Crippen molar-refractivity contribution in [3.63, 3.8) is 0 Å². The molecule has 1 aliphatic heterocycles. The summed E-state index contributed by atoms with van der Waals surface area (Å²) in [4.78, 5) is 7.41. The van der Waals surface area contributed by atoms with Crippen LogP contribution in [0.3, 0.4) is 0 Å². The maximum Gasteiger partial charge on any atom is 0.123 e. The Morgan fingerprint density at radius 3 is 2.59 bits per heavy atom. The van der Waals surface area contributed by atoms with Crippen molar-refractivity contribution in [3.8, 4) is 11.5 Å². The van der Waals surface area contributed by atoms with Crippen LogP contribution in [0.1, 0.15) is 36.2 Å². The normalized spacial score (nSPS) is 17.9. The molecule has 27 heavy (non-hydrogen) atoms. The predicted octanol–water partition coefficient (Wildman–Crippen LogP) is 3.99. The van der Waals surface area contributed by atoms with Gasteiger partial charge >= 0.3 is 0 Å². The van der Waals surface area contributed by atoms with Crippen LogP contribution in [0.15, 0.2) is 42.5 Å². The van der Waals surface area contributed by atoms with Gasteiger partial charge in [0.25, 0.3) is 0 Å². The first kappa shape index (κ1) is 16.6. The highest BCUT2D eigenvalue weighted by Crippen LogP contribution is 2.43. The molecule has 140 valence electrons. The number of aromatic nitrogens is 2. The Morgan fingerprint density at radius 2 is 1.85 bits per heavy atom. The van der Waals surface area contributed by atoms with Gasteiger partial charge in [0.05, 0.1) is 31.3 Å². The number of nitrogens with zero attached hydrogens (tertiary/aromatic N) is 3. The van der Waals surface area contributed by atoms with Crippen molar-refractivity contribution in [2.24, 2.45) is 0 Å². The van der Waals surface area contributed by atoms with Crippen LogP contribution in [0.25, 0.3) is 11.0 Å². The third-order valence-corrected chi connectivity index (χ3v) is 5.75. The number of fused-ring (bicyclic) bond motifs is 1. The van der Waals surface area contributed by atoms with Crippen molar-refractivity contribution < 1.29 is 9.47 Å². The Bertz CT molecular complexity index is 971. The molecule has 3 aromatic rings. The van der Waals surface area contributed by atoms with Crippen molar-refractivity contribution in [1.82, 2.24) is 14.5 Å². The first-order valence-corrected chi connectivity index (χ1v) is 9.67. The van der Waals surface area contributed by atoms with Gasteiger partial charge in [-0.25, -0.2) is 4.98 Å². The van der Waals surface area contributed by atoms with E-state index in [9.17, 15) is 0 Å². The molecule has 0 unspecified atom stereocenters. The Hall–Kier alpha value is -2.53. The van der Waals surface area contributed by atoms with Crippen LogP contribution in [0.2, 0.25) is 0 Å². The minimum Gasteiger partial charge on any atom is -0.497 e. The first-order chi connectivity index (χ1) is 13.3. The molecule has 0 bridgehead atoms. The second-order valence-electron chi connectivity index (χ2n) is 7.63. The molecule has 1 aromatic heterocycles. The number of benzene rings is 2. The first-order valence-electron chi connectivity index (χ1n) is 9.67. The van der Waals surface area contributed by atoms with Crippen molar-refractivity contribution >= 4 is 11.0 Å². The predicted molar refractivity (Wildman–Crippen MR) is 106 cm³/mol. The van der Waals surface area contributed by atoms with Crippen LogP contribution in [0.5, 0.6) is 11.5 Å². The summed E-state index contributed by atoms with van der Waals surface area (Å²) in [5.41, 5.74) is 3.59. The van der Waals surface area contributed by atoms with E-state index in [-0.39, 0.29) is 0 Å². The number of likely N-dealkylation sites (tertiary alicyclic amines) is 1. The molecule has 1 saturated carbocycles. The average molecular weight is 363 g/mol. The summed E-state index contributed by atoms with van der Waals surface area (Å²) in [5, 5.41) is 0. The maximum atomic E-state index is 5.53. The molecule has 0 atom stereocenters. The SMILES string of the molecule is COc1ccc(OC)c(CN2CC(n3c(C4CC4)nc4ccccc43)C2)c1. The Balaban J connectivity index is 1.36. The Labute approximate surface area is 159 Å². The lowest BCUT2D eigenvalue weighted by Gasteiger charge is -2.41. The molecule has 2 heterocycles. The maximum absolute atomic E-state index is 5.53. The van der Waals surface area contributed by atoms with Crippen LogP contribution >= 0.6 is 0 Å². The molecule has 5 rings (SSSR count). The second kappa shape index (κ2) is 6.57. The van der Waals surface area contributed by atoms with Gasteiger partial charge in [0, 0.05) is 31.1 Å². The smallest absolute Gasteiger partial charge is 0.123 e. The number of hydrogen-bond donors (Lipinski definition) is 0. The summed E-state index contributed by atoms with van der Waals surface area (Å²) < 4.78 is 13.4. The number of rotatable bonds is 6. The second-order valence-corrected chi connectivity index (χ2v) is 7.63. The summed E-state index contributed by atoms with van der Waals surface area (Å²) in [6.45, 7) is 2.96. The van der Waals surface area contributed by atoms with E-state index in [0.29, 0.717) is 12.0 Å². The topological polar surface area (TPSA) is 39.5 Å². The zero-order valence-corrected chi connectivity index (χ0v) is 15.9. The number of hydrogen-bond acceptors (Lipinski definition) is 4. The van der Waals surface area contributed by atoms with Crippen LogP contribution in [-0.4, -0.2) is 41.8 Å². The fraction of sp³-hybridized carbons (Fsp3) is 0.409. The molecule has 2 fully saturated rings. The monoisotopic (exact) mass is 363 g/mol. The third-order valence-electron chi connectivity index (χ3n) is 5.75. The number of imidazole rings is 1. The van der Waals surface area contributed by atoms with E-state index in [1.165, 1.54) is 29.7 Å². The molecule has 1 saturated heterocycles. The van der Waals surface area contributed by atoms with Crippen LogP contribution in [-0.2, 0) is 6.54 Å². The van der Waals surface area contributed by atoms with Gasteiger partial charge in [-0.15, -0.1) is 0 Å². The minimum atomic E-state index is 0.504. The Kier molecular flexibility index (Phi) is 4.05. The van der Waals surface area contributed by atoms with E-state index in [4.69, 9.17) is 14.5 Å². The molecule has 1 aliphatic carbocycles. The fourth-order valence-electron chi connectivity index (χ4n) is 4.16. The van der Waals surface area contributed by atoms with Gasteiger partial charge in [0.1, 0.15) is 17.3 Å².